The topological polar surface area (TPSA) is 252 Å². The van der Waals surface area contributed by atoms with Gasteiger partial charge in [-0.15, -0.1) is 10.2 Å². The number of hydrogen-bond acceptors (Lipinski definition) is 16. The smallest absolute Gasteiger partial charge is 0.407 e. The van der Waals surface area contributed by atoms with E-state index in [1.807, 2.05) is 18.2 Å². The number of carbonyl (C=O) groups excluding carboxylic acids is 1. The molecule has 7 rings (SSSR count). The molecule has 0 unspecified atom stereocenters. The highest BCUT2D eigenvalue weighted by atomic mass is 32.2. The highest BCUT2D eigenvalue weighted by Crippen LogP contribution is 2.44. The van der Waals surface area contributed by atoms with Crippen molar-refractivity contribution in [2.75, 3.05) is 40.2 Å². The van der Waals surface area contributed by atoms with Crippen molar-refractivity contribution in [1.29, 1.82) is 0 Å². The highest BCUT2D eigenvalue weighted by molar-refractivity contribution is 7.92. The summed E-state index contributed by atoms with van der Waals surface area (Å²) in [5.74, 6) is 1.48. The van der Waals surface area contributed by atoms with E-state index in [0.29, 0.717) is 44.2 Å². The van der Waals surface area contributed by atoms with E-state index in [1.54, 1.807) is 101 Å². The molecule has 0 bridgehead atoms. The van der Waals surface area contributed by atoms with E-state index in [1.165, 1.54) is 42.5 Å². The van der Waals surface area contributed by atoms with Crippen molar-refractivity contribution in [3.8, 4) is 39.8 Å². The summed E-state index contributed by atoms with van der Waals surface area (Å²) >= 11 is 1.22. The van der Waals surface area contributed by atoms with Crippen LogP contribution in [0.3, 0.4) is 0 Å². The van der Waals surface area contributed by atoms with E-state index in [2.05, 4.69) is 25.3 Å². The number of carbonyl (C=O) groups is 1. The predicted octanol–water partition coefficient (Wildman–Crippen LogP) is 5.83. The maximum absolute atomic E-state index is 16.0. The summed E-state index contributed by atoms with van der Waals surface area (Å²) < 4.78 is 87.2. The largest absolute Gasteiger partial charge is 0.497 e. The second kappa shape index (κ2) is 20.7. The summed E-state index contributed by atoms with van der Waals surface area (Å²) in [6, 6.07) is 28.6. The lowest BCUT2D eigenvalue weighted by atomic mass is 9.98. The molecule has 0 spiro atoms. The first-order chi connectivity index (χ1) is 32.4. The molecule has 0 saturated carbocycles. The lowest BCUT2D eigenvalue weighted by Crippen LogP contribution is -2.42. The van der Waals surface area contributed by atoms with Gasteiger partial charge in [-0.2, -0.15) is 9.10 Å². The first-order valence-electron chi connectivity index (χ1n) is 21.0. The number of ether oxygens (including phenoxy) is 4. The predicted molar refractivity (Wildman–Crippen MR) is 256 cm³/mol. The van der Waals surface area contributed by atoms with Crippen molar-refractivity contribution >= 4 is 52.8 Å². The van der Waals surface area contributed by atoms with Crippen molar-refractivity contribution in [3.63, 3.8) is 0 Å². The number of hydrogen-bond donors (Lipinski definition) is 4. The van der Waals surface area contributed by atoms with Crippen LogP contribution in [0.2, 0.25) is 0 Å². The molecule has 5 N–H and O–H groups in total. The number of thiazole rings is 1. The number of aliphatic hydroxyl groups excluding tert-OH is 1. The van der Waals surface area contributed by atoms with Crippen LogP contribution in [0.4, 0.5) is 9.93 Å². The summed E-state index contributed by atoms with van der Waals surface area (Å²) in [4.78, 5) is 16.8. The number of anilines is 1. The van der Waals surface area contributed by atoms with E-state index in [0.717, 1.165) is 9.87 Å². The van der Waals surface area contributed by atoms with Gasteiger partial charge in [-0.25, -0.2) is 31.3 Å². The Morgan fingerprint density at radius 2 is 1.37 bits per heavy atom. The Morgan fingerprint density at radius 1 is 0.794 bits per heavy atom. The molecule has 0 fully saturated rings. The van der Waals surface area contributed by atoms with Crippen molar-refractivity contribution in [2.45, 2.75) is 61.9 Å². The summed E-state index contributed by atoms with van der Waals surface area (Å²) in [7, 11) is -5.29. The van der Waals surface area contributed by atoms with Crippen LogP contribution in [0, 0.1) is 0 Å². The van der Waals surface area contributed by atoms with Crippen LogP contribution in [-0.2, 0) is 44.4 Å². The summed E-state index contributed by atoms with van der Waals surface area (Å²) in [6.07, 6.45) is -2.30. The molecule has 0 aliphatic rings. The minimum absolute atomic E-state index is 0.0996. The zero-order valence-electron chi connectivity index (χ0n) is 38.0. The minimum Gasteiger partial charge on any atom is -0.497 e. The highest BCUT2D eigenvalue weighted by Gasteiger charge is 2.38. The fourth-order valence-electron chi connectivity index (χ4n) is 7.06. The number of methoxy groups -OCH3 is 3. The van der Waals surface area contributed by atoms with Gasteiger partial charge in [0.2, 0.25) is 25.9 Å². The number of aliphatic hydroxyl groups is 1. The van der Waals surface area contributed by atoms with Crippen LogP contribution in [0.5, 0.6) is 17.2 Å². The molecule has 0 aliphatic heterocycles. The van der Waals surface area contributed by atoms with E-state index in [9.17, 15) is 18.3 Å². The van der Waals surface area contributed by atoms with E-state index in [4.69, 9.17) is 29.8 Å². The third-order valence-corrected chi connectivity index (χ3v) is 14.6. The van der Waals surface area contributed by atoms with Gasteiger partial charge >= 0.3 is 6.09 Å². The standard InChI is InChI=1S/C46H51N9O10S3/c1-46(2,3)65-45(57)48-24-32(56)25-49-67(58,59)39-23-22-36(37-8-7-9-38-41(37)50-44(47)66-38)40(43-51-53-55(52-43)28-31-14-20-35(64-6)21-15-31)42(39)68(60,61)54(26-29-10-16-33(62-4)17-11-29)27-30-12-18-34(63-5)19-13-30/h7-23,32,49,56H,24-28H2,1-6H3,(H2,47,50)(H,48,57)/t32-/m0/s1. The SMILES string of the molecule is COc1ccc(CN(Cc2ccc(OC)cc2)S(=O)(=O)c2c(S(=O)(=O)NC[C@@H](O)CNC(=O)OC(C)(C)C)ccc(-c3cccc4sc(N)nc34)c2-c2nnn(Cc3ccc(OC)cc3)n2)cc1. The van der Waals surface area contributed by atoms with Gasteiger partial charge < -0.3 is 35.1 Å². The van der Waals surface area contributed by atoms with Gasteiger partial charge in [0.05, 0.1) is 49.8 Å². The van der Waals surface area contributed by atoms with Crippen LogP contribution < -0.4 is 30.0 Å². The Hall–Kier alpha value is -6.69. The molecule has 358 valence electrons. The molecule has 0 aliphatic carbocycles. The van der Waals surface area contributed by atoms with Crippen molar-refractivity contribution in [2.24, 2.45) is 0 Å². The monoisotopic (exact) mass is 985 g/mol. The van der Waals surface area contributed by atoms with Gasteiger partial charge in [0.15, 0.2) is 5.13 Å². The van der Waals surface area contributed by atoms with Crippen molar-refractivity contribution < 1.29 is 45.7 Å². The molecule has 2 aromatic heterocycles. The summed E-state index contributed by atoms with van der Waals surface area (Å²) in [6.45, 7) is 3.60. The second-order valence-electron chi connectivity index (χ2n) is 16.4. The van der Waals surface area contributed by atoms with E-state index in [-0.39, 0.29) is 41.7 Å². The number of alkyl carbamates (subject to hydrolysis) is 1. The van der Waals surface area contributed by atoms with Gasteiger partial charge in [-0.05, 0) is 96.8 Å². The van der Waals surface area contributed by atoms with E-state index >= 15 is 8.42 Å². The molecule has 1 atom stereocenters. The molecule has 5 aromatic carbocycles. The quantitative estimate of drug-likeness (QED) is 0.0744. The van der Waals surface area contributed by atoms with Crippen molar-refractivity contribution in [1.82, 2.24) is 39.5 Å². The number of nitrogen functional groups attached to an aromatic ring is 1. The first kappa shape index (κ1) is 49.2. The zero-order valence-corrected chi connectivity index (χ0v) is 40.5. The normalized spacial score (nSPS) is 12.5. The second-order valence-corrected chi connectivity index (χ2v) is 21.0. The molecule has 0 saturated heterocycles. The number of para-hydroxylation sites is 1. The third-order valence-electron chi connectivity index (χ3n) is 10.3. The molecule has 68 heavy (non-hydrogen) atoms. The number of amides is 1. The number of nitrogens with zero attached hydrogens (tertiary/aromatic N) is 6. The third kappa shape index (κ3) is 11.7. The van der Waals surface area contributed by atoms with Gasteiger partial charge in [-0.1, -0.05) is 65.9 Å². The van der Waals surface area contributed by atoms with Gasteiger partial charge in [0.25, 0.3) is 0 Å². The number of rotatable bonds is 19. The Morgan fingerprint density at radius 3 is 1.93 bits per heavy atom. The fraction of sp³-hybridized carbons (Fsp3) is 0.283. The average Bonchev–Trinajstić information content (AvgIpc) is 3.95. The number of fused-ring (bicyclic) bond motifs is 1. The van der Waals surface area contributed by atoms with Crippen LogP contribution in [0.15, 0.2) is 113 Å². The van der Waals surface area contributed by atoms with Crippen molar-refractivity contribution in [3.05, 3.63) is 120 Å². The number of benzene rings is 5. The zero-order chi connectivity index (χ0) is 48.8. The van der Waals surface area contributed by atoms with Crippen LogP contribution in [0.25, 0.3) is 32.7 Å². The number of nitrogens with two attached hydrogens (primary N) is 1. The molecule has 2 heterocycles. The lowest BCUT2D eigenvalue weighted by molar-refractivity contribution is 0.0494. The van der Waals surface area contributed by atoms with Gasteiger partial charge in [0.1, 0.15) is 32.6 Å². The average molecular weight is 986 g/mol. The minimum atomic E-state index is -4.99. The summed E-state index contributed by atoms with van der Waals surface area (Å²) in [5, 5.41) is 27.0. The maximum Gasteiger partial charge on any atom is 0.407 e. The molecule has 22 heteroatoms. The van der Waals surface area contributed by atoms with Crippen LogP contribution in [-0.4, -0.2) is 104 Å². The first-order valence-corrected chi connectivity index (χ1v) is 24.8. The number of nitrogens with one attached hydrogen (secondary N) is 2. The molecule has 0 radical (unpaired) electrons. The number of sulfonamides is 2. The Balaban J connectivity index is 1.44. The number of aromatic nitrogens is 5. The molecule has 7 aromatic rings. The lowest BCUT2D eigenvalue weighted by Gasteiger charge is -2.26. The maximum atomic E-state index is 16.0. The van der Waals surface area contributed by atoms with Crippen LogP contribution >= 0.6 is 11.3 Å². The molecular weight excluding hydrogens is 935 g/mol. The summed E-state index contributed by atoms with van der Waals surface area (Å²) in [5.41, 5.74) is 8.08. The van der Waals surface area contributed by atoms with Gasteiger partial charge in [0, 0.05) is 31.7 Å². The fourth-order valence-corrected chi connectivity index (χ4v) is 11.3. The van der Waals surface area contributed by atoms with E-state index < -0.39 is 60.7 Å². The molecule has 1 amide bonds. The molecular formula is C46H51N9O10S3. The Labute approximate surface area is 397 Å². The van der Waals surface area contributed by atoms with Gasteiger partial charge in [-0.3, -0.25) is 0 Å². The van der Waals surface area contributed by atoms with Crippen LogP contribution in [0.1, 0.15) is 37.5 Å². The number of tetrazole rings is 1. The molecule has 19 nitrogen and oxygen atoms in total. The Kier molecular flexibility index (Phi) is 15.0. The Bertz CT molecular complexity index is 3050.